The molecule has 9 heteroatoms. The van der Waals surface area contributed by atoms with Crippen molar-refractivity contribution >= 4 is 18.3 Å². The molecule has 9 nitrogen and oxygen atoms in total. The number of methoxy groups -OCH3 is 1. The Hall–Kier alpha value is -1.71. The molecule has 1 amide bonds. The number of aliphatic imine (C=N–C) groups is 1. The molecule has 1 heterocycles. The molecule has 0 aromatic heterocycles. The van der Waals surface area contributed by atoms with Gasteiger partial charge in [-0.1, -0.05) is 13.8 Å². The second-order valence-corrected chi connectivity index (χ2v) is 6.53. The first kappa shape index (κ1) is 22.3. The van der Waals surface area contributed by atoms with E-state index in [1.807, 2.05) is 20.1 Å². The van der Waals surface area contributed by atoms with Gasteiger partial charge in [0.1, 0.15) is 12.6 Å². The minimum atomic E-state index is -1.09. The van der Waals surface area contributed by atoms with Gasteiger partial charge in [-0.3, -0.25) is 4.99 Å². The molecule has 0 aromatic carbocycles. The summed E-state index contributed by atoms with van der Waals surface area (Å²) in [6.07, 6.45) is 1.34. The highest BCUT2D eigenvalue weighted by atomic mass is 16.6. The molecule has 0 bridgehead atoms. The predicted octanol–water partition coefficient (Wildman–Crippen LogP) is 0.962. The summed E-state index contributed by atoms with van der Waals surface area (Å²) in [6, 6.07) is -1.02. The monoisotopic (exact) mass is 374 g/mol. The highest BCUT2D eigenvalue weighted by Crippen LogP contribution is 2.35. The summed E-state index contributed by atoms with van der Waals surface area (Å²) in [5.74, 6) is -0.937. The van der Waals surface area contributed by atoms with Crippen molar-refractivity contribution in [2.45, 2.75) is 26.3 Å². The highest BCUT2D eigenvalue weighted by molar-refractivity contribution is 5.80. The van der Waals surface area contributed by atoms with E-state index in [0.29, 0.717) is 33.0 Å². The van der Waals surface area contributed by atoms with E-state index in [-0.39, 0.29) is 31.0 Å². The fourth-order valence-electron chi connectivity index (χ4n) is 2.50. The lowest BCUT2D eigenvalue weighted by Gasteiger charge is -2.30. The van der Waals surface area contributed by atoms with Crippen LogP contribution in [0.25, 0.3) is 0 Å². The summed E-state index contributed by atoms with van der Waals surface area (Å²) in [5, 5.41) is 11.8. The van der Waals surface area contributed by atoms with Crippen molar-refractivity contribution in [1.29, 1.82) is 0 Å². The quantitative estimate of drug-likeness (QED) is 0.461. The van der Waals surface area contributed by atoms with Crippen LogP contribution in [-0.2, 0) is 23.7 Å². The van der Waals surface area contributed by atoms with Gasteiger partial charge < -0.3 is 29.4 Å². The van der Waals surface area contributed by atoms with Gasteiger partial charge >= 0.3 is 12.1 Å². The van der Waals surface area contributed by atoms with E-state index in [4.69, 9.17) is 18.9 Å². The summed E-state index contributed by atoms with van der Waals surface area (Å²) >= 11 is 0. The van der Waals surface area contributed by atoms with Gasteiger partial charge in [0, 0.05) is 19.9 Å². The minimum absolute atomic E-state index is 0.0347. The Labute approximate surface area is 154 Å². The molecule has 1 rings (SSSR count). The fraction of sp³-hybridized carbons (Fsp3) is 0.824. The Morgan fingerprint density at radius 1 is 1.23 bits per heavy atom. The molecule has 0 spiro atoms. The van der Waals surface area contributed by atoms with Crippen molar-refractivity contribution in [3.8, 4) is 0 Å². The predicted molar refractivity (Wildman–Crippen MR) is 94.7 cm³/mol. The Kier molecular flexibility index (Phi) is 10.2. The number of rotatable bonds is 13. The minimum Gasteiger partial charge on any atom is -0.480 e. The summed E-state index contributed by atoms with van der Waals surface area (Å²) in [4.78, 5) is 27.5. The SMILES string of the molecule is COCCOCCOCCOC(=O)NC(CC1(C)CN=CC1C)C(=O)O. The number of aliphatic carboxylic acids is 1. The number of carboxylic acids is 1. The number of nitrogens with one attached hydrogen (secondary N) is 1. The van der Waals surface area contributed by atoms with E-state index in [2.05, 4.69) is 10.3 Å². The van der Waals surface area contributed by atoms with Gasteiger partial charge in [0.2, 0.25) is 0 Å². The summed E-state index contributed by atoms with van der Waals surface area (Å²) in [7, 11) is 1.60. The van der Waals surface area contributed by atoms with E-state index < -0.39 is 18.1 Å². The fourth-order valence-corrected chi connectivity index (χ4v) is 2.50. The van der Waals surface area contributed by atoms with Gasteiger partial charge in [0.15, 0.2) is 0 Å². The molecule has 0 radical (unpaired) electrons. The van der Waals surface area contributed by atoms with Crippen LogP contribution in [0.15, 0.2) is 4.99 Å². The molecule has 2 N–H and O–H groups in total. The van der Waals surface area contributed by atoms with Gasteiger partial charge in [0.05, 0.1) is 33.0 Å². The number of carbonyl (C=O) groups excluding carboxylic acids is 1. The number of hydrogen-bond donors (Lipinski definition) is 2. The largest absolute Gasteiger partial charge is 0.480 e. The standard InChI is InChI=1S/C17H30N2O7/c1-13-11-18-12-17(13,2)10-14(15(20)21)19-16(22)26-9-8-25-7-6-24-5-4-23-3/h11,13-14H,4-10,12H2,1-3H3,(H,19,22)(H,20,21). The lowest BCUT2D eigenvalue weighted by Crippen LogP contribution is -2.45. The van der Waals surface area contributed by atoms with Crippen molar-refractivity contribution < 1.29 is 33.6 Å². The van der Waals surface area contributed by atoms with Crippen LogP contribution in [0.1, 0.15) is 20.3 Å². The molecule has 3 atom stereocenters. The number of amides is 1. The van der Waals surface area contributed by atoms with Gasteiger partial charge in [-0.05, 0) is 17.8 Å². The van der Waals surface area contributed by atoms with Crippen molar-refractivity contribution in [3.05, 3.63) is 0 Å². The van der Waals surface area contributed by atoms with E-state index in [9.17, 15) is 14.7 Å². The van der Waals surface area contributed by atoms with E-state index in [1.165, 1.54) is 0 Å². The van der Waals surface area contributed by atoms with Crippen molar-refractivity contribution in [2.24, 2.45) is 16.3 Å². The molecule has 150 valence electrons. The molecule has 0 fully saturated rings. The third-order valence-electron chi connectivity index (χ3n) is 4.41. The zero-order chi connectivity index (χ0) is 19.4. The first-order valence-electron chi connectivity index (χ1n) is 8.69. The summed E-state index contributed by atoms with van der Waals surface area (Å²) < 4.78 is 20.3. The van der Waals surface area contributed by atoms with E-state index in [0.717, 1.165) is 0 Å². The third kappa shape index (κ3) is 8.11. The molecule has 1 aliphatic heterocycles. The van der Waals surface area contributed by atoms with Crippen LogP contribution in [0, 0.1) is 11.3 Å². The van der Waals surface area contributed by atoms with Crippen molar-refractivity contribution in [2.75, 3.05) is 53.3 Å². The number of carboxylic acid groups (broad SMARTS) is 1. The third-order valence-corrected chi connectivity index (χ3v) is 4.41. The second kappa shape index (κ2) is 11.8. The van der Waals surface area contributed by atoms with Crippen LogP contribution in [0.2, 0.25) is 0 Å². The van der Waals surface area contributed by atoms with Gasteiger partial charge in [-0.15, -0.1) is 0 Å². The molecular weight excluding hydrogens is 344 g/mol. The van der Waals surface area contributed by atoms with Gasteiger partial charge in [-0.2, -0.15) is 0 Å². The first-order chi connectivity index (χ1) is 12.4. The Morgan fingerprint density at radius 3 is 2.38 bits per heavy atom. The normalized spacial score (nSPS) is 23.0. The number of hydrogen-bond acceptors (Lipinski definition) is 7. The van der Waals surface area contributed by atoms with Crippen LogP contribution < -0.4 is 5.32 Å². The smallest absolute Gasteiger partial charge is 0.407 e. The van der Waals surface area contributed by atoms with Crippen LogP contribution in [0.5, 0.6) is 0 Å². The zero-order valence-electron chi connectivity index (χ0n) is 15.7. The summed E-state index contributed by atoms with van der Waals surface area (Å²) in [6.45, 7) is 6.58. The molecule has 0 aromatic rings. The lowest BCUT2D eigenvalue weighted by atomic mass is 9.75. The van der Waals surface area contributed by atoms with Crippen LogP contribution in [-0.4, -0.2) is 82.7 Å². The topological polar surface area (TPSA) is 116 Å². The Balaban J connectivity index is 2.20. The van der Waals surface area contributed by atoms with E-state index >= 15 is 0 Å². The van der Waals surface area contributed by atoms with Crippen LogP contribution in [0.3, 0.4) is 0 Å². The molecule has 0 saturated carbocycles. The average Bonchev–Trinajstić information content (AvgIpc) is 2.91. The maximum absolute atomic E-state index is 11.8. The van der Waals surface area contributed by atoms with Crippen molar-refractivity contribution in [3.63, 3.8) is 0 Å². The number of alkyl carbamates (subject to hydrolysis) is 1. The number of ether oxygens (including phenoxy) is 4. The molecule has 26 heavy (non-hydrogen) atoms. The highest BCUT2D eigenvalue weighted by Gasteiger charge is 2.38. The lowest BCUT2D eigenvalue weighted by molar-refractivity contribution is -0.140. The second-order valence-electron chi connectivity index (χ2n) is 6.53. The molecule has 0 saturated heterocycles. The number of nitrogens with zero attached hydrogens (tertiary/aromatic N) is 1. The maximum Gasteiger partial charge on any atom is 0.407 e. The maximum atomic E-state index is 11.8. The van der Waals surface area contributed by atoms with Crippen molar-refractivity contribution in [1.82, 2.24) is 5.32 Å². The van der Waals surface area contributed by atoms with E-state index in [1.54, 1.807) is 7.11 Å². The molecule has 3 unspecified atom stereocenters. The Morgan fingerprint density at radius 2 is 1.85 bits per heavy atom. The summed E-state index contributed by atoms with van der Waals surface area (Å²) in [5.41, 5.74) is -0.289. The number of carbonyl (C=O) groups is 2. The van der Waals surface area contributed by atoms with Crippen LogP contribution >= 0.6 is 0 Å². The Bertz CT molecular complexity index is 472. The molecular formula is C17H30N2O7. The van der Waals surface area contributed by atoms with Gasteiger partial charge in [-0.25, -0.2) is 9.59 Å². The first-order valence-corrected chi connectivity index (χ1v) is 8.69. The molecule has 1 aliphatic rings. The average molecular weight is 374 g/mol. The zero-order valence-corrected chi connectivity index (χ0v) is 15.7. The van der Waals surface area contributed by atoms with Crippen LogP contribution in [0.4, 0.5) is 4.79 Å². The molecule has 0 aliphatic carbocycles. The van der Waals surface area contributed by atoms with Gasteiger partial charge in [0.25, 0.3) is 0 Å².